The molecule has 2 N–H and O–H groups in total. The van der Waals surface area contributed by atoms with Gasteiger partial charge in [0.1, 0.15) is 18.0 Å². The first-order valence-electron chi connectivity index (χ1n) is 9.05. The van der Waals surface area contributed by atoms with Gasteiger partial charge in [0.2, 0.25) is 0 Å². The molecule has 5 heteroatoms. The average Bonchev–Trinajstić information content (AvgIpc) is 2.60. The van der Waals surface area contributed by atoms with E-state index in [9.17, 15) is 5.11 Å². The summed E-state index contributed by atoms with van der Waals surface area (Å²) < 4.78 is 0. The lowest BCUT2D eigenvalue weighted by molar-refractivity contribution is 0.0785. The predicted molar refractivity (Wildman–Crippen MR) is 102 cm³/mol. The normalized spacial score (nSPS) is 15.6. The summed E-state index contributed by atoms with van der Waals surface area (Å²) in [4.78, 5) is 11.1. The van der Waals surface area contributed by atoms with Gasteiger partial charge in [0.15, 0.2) is 0 Å². The summed E-state index contributed by atoms with van der Waals surface area (Å²) >= 11 is 0. The zero-order chi connectivity index (χ0) is 18.0. The molecule has 0 fully saturated rings. The van der Waals surface area contributed by atoms with Gasteiger partial charge in [-0.2, -0.15) is 0 Å². The molecule has 5 nitrogen and oxygen atoms in total. The van der Waals surface area contributed by atoms with Crippen LogP contribution in [0.2, 0.25) is 0 Å². The van der Waals surface area contributed by atoms with E-state index in [2.05, 4.69) is 46.2 Å². The van der Waals surface area contributed by atoms with Gasteiger partial charge in [0.25, 0.3) is 0 Å². The zero-order valence-electron chi connectivity index (χ0n) is 15.6. The topological polar surface area (TPSA) is 61.3 Å². The van der Waals surface area contributed by atoms with Gasteiger partial charge < -0.3 is 15.3 Å². The Morgan fingerprint density at radius 2 is 2.04 bits per heavy atom. The molecule has 2 aromatic rings. The number of rotatable bonds is 5. The highest BCUT2D eigenvalue weighted by molar-refractivity contribution is 5.51. The maximum absolute atomic E-state index is 10.2. The zero-order valence-corrected chi connectivity index (χ0v) is 15.6. The fraction of sp³-hybridized carbons (Fsp3) is 0.500. The summed E-state index contributed by atoms with van der Waals surface area (Å²) in [6.07, 6.45) is 3.64. The van der Waals surface area contributed by atoms with E-state index in [0.29, 0.717) is 6.04 Å². The molecule has 1 aliphatic heterocycles. The number of fused-ring (bicyclic) bond motifs is 1. The molecule has 0 saturated heterocycles. The van der Waals surface area contributed by atoms with Crippen molar-refractivity contribution in [3.05, 3.63) is 47.3 Å². The minimum atomic E-state index is -0.796. The van der Waals surface area contributed by atoms with Crippen molar-refractivity contribution in [1.82, 2.24) is 9.97 Å². The number of aromatic nitrogens is 2. The first kappa shape index (κ1) is 17.7. The predicted octanol–water partition coefficient (Wildman–Crippen LogP) is 3.48. The highest BCUT2D eigenvalue weighted by Gasteiger charge is 2.22. The second-order valence-corrected chi connectivity index (χ2v) is 7.43. The van der Waals surface area contributed by atoms with Crippen LogP contribution in [-0.4, -0.2) is 27.7 Å². The Kier molecular flexibility index (Phi) is 4.95. The number of nitrogens with zero attached hydrogens (tertiary/aromatic N) is 3. The van der Waals surface area contributed by atoms with E-state index < -0.39 is 5.60 Å². The number of hydrogen-bond donors (Lipinski definition) is 2. The van der Waals surface area contributed by atoms with E-state index >= 15 is 0 Å². The van der Waals surface area contributed by atoms with Crippen molar-refractivity contribution in [2.24, 2.45) is 0 Å². The Balaban J connectivity index is 1.78. The average molecular weight is 340 g/mol. The van der Waals surface area contributed by atoms with E-state index in [1.165, 1.54) is 11.1 Å². The maximum atomic E-state index is 10.2. The summed E-state index contributed by atoms with van der Waals surface area (Å²) in [5, 5.41) is 13.6. The van der Waals surface area contributed by atoms with E-state index in [0.717, 1.165) is 43.1 Å². The van der Waals surface area contributed by atoms with Crippen molar-refractivity contribution in [1.29, 1.82) is 0 Å². The van der Waals surface area contributed by atoms with Crippen LogP contribution in [0.4, 0.5) is 11.6 Å². The third-order valence-electron chi connectivity index (χ3n) is 4.91. The number of aliphatic hydroxyl groups is 1. The van der Waals surface area contributed by atoms with Crippen LogP contribution in [0.1, 0.15) is 50.8 Å². The molecule has 0 aliphatic carbocycles. The molecule has 1 aromatic carbocycles. The molecule has 0 radical (unpaired) electrons. The molecule has 0 unspecified atom stereocenters. The fourth-order valence-corrected chi connectivity index (χ4v) is 3.08. The molecule has 0 spiro atoms. The first-order valence-corrected chi connectivity index (χ1v) is 9.05. The van der Waals surface area contributed by atoms with Crippen LogP contribution in [0.5, 0.6) is 0 Å². The van der Waals surface area contributed by atoms with Crippen LogP contribution < -0.4 is 10.2 Å². The second-order valence-electron chi connectivity index (χ2n) is 7.43. The summed E-state index contributed by atoms with van der Waals surface area (Å²) in [6, 6.07) is 8.72. The van der Waals surface area contributed by atoms with Crippen LogP contribution in [-0.2, 0) is 18.6 Å². The lowest BCUT2D eigenvalue weighted by Crippen LogP contribution is -2.31. The number of benzene rings is 1. The fourth-order valence-electron chi connectivity index (χ4n) is 3.08. The number of anilines is 2. The van der Waals surface area contributed by atoms with Gasteiger partial charge in [-0.15, -0.1) is 0 Å². The van der Waals surface area contributed by atoms with Crippen molar-refractivity contribution in [3.8, 4) is 0 Å². The van der Waals surface area contributed by atoms with Crippen LogP contribution in [0.25, 0.3) is 0 Å². The van der Waals surface area contributed by atoms with Crippen molar-refractivity contribution in [3.63, 3.8) is 0 Å². The Morgan fingerprint density at radius 3 is 2.76 bits per heavy atom. The van der Waals surface area contributed by atoms with Gasteiger partial charge >= 0.3 is 0 Å². The highest BCUT2D eigenvalue weighted by atomic mass is 16.3. The van der Waals surface area contributed by atoms with Crippen LogP contribution in [0, 0.1) is 0 Å². The summed E-state index contributed by atoms with van der Waals surface area (Å²) in [7, 11) is 0. The van der Waals surface area contributed by atoms with Gasteiger partial charge in [-0.25, -0.2) is 9.97 Å². The maximum Gasteiger partial charge on any atom is 0.134 e. The Bertz CT molecular complexity index is 739. The third-order valence-corrected chi connectivity index (χ3v) is 4.91. The summed E-state index contributed by atoms with van der Waals surface area (Å²) in [5.74, 6) is 1.83. The lowest BCUT2D eigenvalue weighted by atomic mass is 9.91. The smallest absolute Gasteiger partial charge is 0.134 e. The molecular formula is C20H28N4O. The molecule has 134 valence electrons. The minimum Gasteiger partial charge on any atom is -0.386 e. The molecule has 1 aromatic heterocycles. The van der Waals surface area contributed by atoms with E-state index in [-0.39, 0.29) is 0 Å². The third kappa shape index (κ3) is 4.10. The van der Waals surface area contributed by atoms with Crippen molar-refractivity contribution in [2.75, 3.05) is 16.8 Å². The molecule has 3 rings (SSSR count). The largest absolute Gasteiger partial charge is 0.386 e. The Hall–Kier alpha value is -2.14. The van der Waals surface area contributed by atoms with Gasteiger partial charge in [0, 0.05) is 25.2 Å². The van der Waals surface area contributed by atoms with Crippen molar-refractivity contribution in [2.45, 2.75) is 58.7 Å². The van der Waals surface area contributed by atoms with Crippen LogP contribution in [0.3, 0.4) is 0 Å². The molecule has 2 heterocycles. The van der Waals surface area contributed by atoms with Gasteiger partial charge in [-0.05, 0) is 50.3 Å². The standard InChI is InChI=1S/C20H28N4O/c1-5-14(2)23-18-11-19(22-13-21-18)24-9-8-15-10-17(20(3,4)25)7-6-16(15)12-24/h6-7,10-11,13-14,25H,5,8-9,12H2,1-4H3,(H,21,22,23)/t14-/m0/s1. The quantitative estimate of drug-likeness (QED) is 0.872. The number of nitrogens with one attached hydrogen (secondary N) is 1. The van der Waals surface area contributed by atoms with E-state index in [1.807, 2.05) is 26.0 Å². The summed E-state index contributed by atoms with van der Waals surface area (Å²) in [5.41, 5.74) is 2.80. The SMILES string of the molecule is CC[C@H](C)Nc1cc(N2CCc3cc(C(C)(C)O)ccc3C2)ncn1. The Labute approximate surface area is 150 Å². The molecule has 0 bridgehead atoms. The summed E-state index contributed by atoms with van der Waals surface area (Å²) in [6.45, 7) is 9.72. The van der Waals surface area contributed by atoms with Gasteiger partial charge in [-0.1, -0.05) is 25.1 Å². The molecule has 0 amide bonds. The van der Waals surface area contributed by atoms with Crippen LogP contribution in [0.15, 0.2) is 30.6 Å². The first-order chi connectivity index (χ1) is 11.9. The Morgan fingerprint density at radius 1 is 1.24 bits per heavy atom. The van der Waals surface area contributed by atoms with Crippen molar-refractivity contribution < 1.29 is 5.11 Å². The van der Waals surface area contributed by atoms with Crippen LogP contribution >= 0.6 is 0 Å². The monoisotopic (exact) mass is 340 g/mol. The molecule has 0 saturated carbocycles. The van der Waals surface area contributed by atoms with E-state index in [4.69, 9.17) is 0 Å². The minimum absolute atomic E-state index is 0.394. The number of hydrogen-bond acceptors (Lipinski definition) is 5. The second kappa shape index (κ2) is 7.00. The molecule has 25 heavy (non-hydrogen) atoms. The lowest BCUT2D eigenvalue weighted by Gasteiger charge is -2.31. The highest BCUT2D eigenvalue weighted by Crippen LogP contribution is 2.28. The van der Waals surface area contributed by atoms with Crippen molar-refractivity contribution >= 4 is 11.6 Å². The molecule has 1 atom stereocenters. The van der Waals surface area contributed by atoms with Gasteiger partial charge in [-0.3, -0.25) is 0 Å². The molecular weight excluding hydrogens is 312 g/mol. The van der Waals surface area contributed by atoms with Gasteiger partial charge in [0.05, 0.1) is 5.60 Å². The molecule has 1 aliphatic rings. The van der Waals surface area contributed by atoms with E-state index in [1.54, 1.807) is 6.33 Å².